The number of allylic oxidation sites excluding steroid dienone is 1. The zero-order valence-electron chi connectivity index (χ0n) is 15.5. The van der Waals surface area contributed by atoms with Crippen molar-refractivity contribution in [2.45, 2.75) is 6.42 Å². The highest BCUT2D eigenvalue weighted by Gasteiger charge is 2.17. The number of ether oxygens (including phenoxy) is 2. The lowest BCUT2D eigenvalue weighted by molar-refractivity contribution is 0.102. The number of carbonyl (C=O) groups is 1. The van der Waals surface area contributed by atoms with Crippen LogP contribution in [0.5, 0.6) is 11.5 Å². The van der Waals surface area contributed by atoms with Gasteiger partial charge in [-0.25, -0.2) is 9.37 Å². The lowest BCUT2D eigenvalue weighted by Crippen LogP contribution is -2.13. The summed E-state index contributed by atoms with van der Waals surface area (Å²) in [5.41, 5.74) is 2.45. The molecule has 1 amide bonds. The highest BCUT2D eigenvalue weighted by molar-refractivity contribution is 7.14. The molecular formula is C21H19FN2O3S. The van der Waals surface area contributed by atoms with E-state index >= 15 is 0 Å². The van der Waals surface area contributed by atoms with Crippen molar-refractivity contribution in [3.8, 4) is 22.8 Å². The minimum atomic E-state index is -0.337. The second kappa shape index (κ2) is 8.67. The number of rotatable bonds is 7. The Morgan fingerprint density at radius 1 is 1.29 bits per heavy atom. The summed E-state index contributed by atoms with van der Waals surface area (Å²) in [4.78, 5) is 17.1. The van der Waals surface area contributed by atoms with Gasteiger partial charge in [0, 0.05) is 22.1 Å². The van der Waals surface area contributed by atoms with E-state index in [0.717, 1.165) is 5.56 Å². The van der Waals surface area contributed by atoms with Crippen molar-refractivity contribution in [3.05, 3.63) is 71.4 Å². The van der Waals surface area contributed by atoms with Crippen LogP contribution in [0.3, 0.4) is 0 Å². The largest absolute Gasteiger partial charge is 0.493 e. The van der Waals surface area contributed by atoms with Gasteiger partial charge in [0.2, 0.25) is 0 Å². The molecule has 0 saturated heterocycles. The third-order valence-electron chi connectivity index (χ3n) is 4.03. The van der Waals surface area contributed by atoms with E-state index in [1.165, 1.54) is 30.6 Å². The molecule has 1 heterocycles. The molecule has 1 N–H and O–H groups in total. The Kier molecular flexibility index (Phi) is 6.06. The number of amides is 1. The fourth-order valence-electron chi connectivity index (χ4n) is 2.76. The number of benzene rings is 2. The molecule has 0 aliphatic rings. The van der Waals surface area contributed by atoms with E-state index in [2.05, 4.69) is 16.9 Å². The molecule has 2 aromatic carbocycles. The molecule has 3 rings (SSSR count). The zero-order chi connectivity index (χ0) is 20.1. The number of hydrogen-bond acceptors (Lipinski definition) is 5. The van der Waals surface area contributed by atoms with Gasteiger partial charge >= 0.3 is 0 Å². The molecule has 1 aromatic heterocycles. The number of aromatic nitrogens is 1. The van der Waals surface area contributed by atoms with Gasteiger partial charge in [-0.1, -0.05) is 18.2 Å². The molecule has 3 aromatic rings. The minimum Gasteiger partial charge on any atom is -0.493 e. The smallest absolute Gasteiger partial charge is 0.257 e. The first-order valence-corrected chi connectivity index (χ1v) is 9.32. The highest BCUT2D eigenvalue weighted by Crippen LogP contribution is 2.34. The van der Waals surface area contributed by atoms with Crippen LogP contribution >= 0.6 is 11.3 Å². The maximum absolute atomic E-state index is 13.4. The maximum Gasteiger partial charge on any atom is 0.257 e. The van der Waals surface area contributed by atoms with Gasteiger partial charge in [0.15, 0.2) is 16.6 Å². The third-order valence-corrected chi connectivity index (χ3v) is 4.79. The molecule has 28 heavy (non-hydrogen) atoms. The second-order valence-corrected chi connectivity index (χ2v) is 6.72. The summed E-state index contributed by atoms with van der Waals surface area (Å²) in [5.74, 6) is 0.371. The summed E-state index contributed by atoms with van der Waals surface area (Å²) in [6.07, 6.45) is 2.26. The van der Waals surface area contributed by atoms with Gasteiger partial charge in [-0.05, 0) is 30.7 Å². The van der Waals surface area contributed by atoms with Gasteiger partial charge in [0.25, 0.3) is 5.91 Å². The Balaban J connectivity index is 1.85. The Hall–Kier alpha value is -3.19. The van der Waals surface area contributed by atoms with Gasteiger partial charge in [-0.3, -0.25) is 10.1 Å². The van der Waals surface area contributed by atoms with Crippen molar-refractivity contribution >= 4 is 22.4 Å². The normalized spacial score (nSPS) is 10.4. The molecule has 5 nitrogen and oxygen atoms in total. The monoisotopic (exact) mass is 398 g/mol. The number of anilines is 1. The van der Waals surface area contributed by atoms with Crippen molar-refractivity contribution < 1.29 is 18.7 Å². The summed E-state index contributed by atoms with van der Waals surface area (Å²) >= 11 is 1.27. The minimum absolute atomic E-state index is 0.327. The Bertz CT molecular complexity index is 1020. The van der Waals surface area contributed by atoms with Crippen LogP contribution in [0.2, 0.25) is 0 Å². The van der Waals surface area contributed by atoms with Crippen molar-refractivity contribution in [1.29, 1.82) is 0 Å². The maximum atomic E-state index is 13.4. The SMILES string of the molecule is C=CCc1cc(C(=O)Nc2nc(-c3cccc(F)c3)cs2)cc(OC)c1OC. The molecule has 0 spiro atoms. The van der Waals surface area contributed by atoms with E-state index in [1.807, 2.05) is 0 Å². The molecule has 0 radical (unpaired) electrons. The number of halogens is 1. The molecule has 7 heteroatoms. The second-order valence-electron chi connectivity index (χ2n) is 5.87. The Labute approximate surface area is 166 Å². The quantitative estimate of drug-likeness (QED) is 0.572. The summed E-state index contributed by atoms with van der Waals surface area (Å²) in [6.45, 7) is 3.73. The van der Waals surface area contributed by atoms with E-state index in [9.17, 15) is 9.18 Å². The molecule has 0 atom stereocenters. The lowest BCUT2D eigenvalue weighted by atomic mass is 10.1. The van der Waals surface area contributed by atoms with E-state index in [-0.39, 0.29) is 11.7 Å². The van der Waals surface area contributed by atoms with Crippen LogP contribution in [-0.2, 0) is 6.42 Å². The summed E-state index contributed by atoms with van der Waals surface area (Å²) < 4.78 is 24.1. The summed E-state index contributed by atoms with van der Waals surface area (Å²) in [6, 6.07) is 9.50. The average Bonchev–Trinajstić information content (AvgIpc) is 3.16. The fourth-order valence-corrected chi connectivity index (χ4v) is 3.48. The first-order valence-electron chi connectivity index (χ1n) is 8.44. The molecule has 0 bridgehead atoms. The number of methoxy groups -OCH3 is 2. The molecule has 0 saturated carbocycles. The van der Waals surface area contributed by atoms with Crippen molar-refractivity contribution in [3.63, 3.8) is 0 Å². The Morgan fingerprint density at radius 3 is 2.79 bits per heavy atom. The highest BCUT2D eigenvalue weighted by atomic mass is 32.1. The zero-order valence-corrected chi connectivity index (χ0v) is 16.3. The van der Waals surface area contributed by atoms with Gasteiger partial charge in [-0.15, -0.1) is 17.9 Å². The number of hydrogen-bond donors (Lipinski definition) is 1. The topological polar surface area (TPSA) is 60.5 Å². The van der Waals surface area contributed by atoms with E-state index in [4.69, 9.17) is 9.47 Å². The van der Waals surface area contributed by atoms with E-state index < -0.39 is 0 Å². The van der Waals surface area contributed by atoms with E-state index in [1.54, 1.807) is 42.8 Å². The fraction of sp³-hybridized carbons (Fsp3) is 0.143. The molecule has 144 valence electrons. The summed E-state index contributed by atoms with van der Waals surface area (Å²) in [7, 11) is 3.07. The predicted octanol–water partition coefficient (Wildman–Crippen LogP) is 4.95. The van der Waals surface area contributed by atoms with Crippen molar-refractivity contribution in [2.24, 2.45) is 0 Å². The van der Waals surface area contributed by atoms with Crippen LogP contribution in [0.15, 0.2) is 54.4 Å². The van der Waals surface area contributed by atoms with Crippen molar-refractivity contribution in [2.75, 3.05) is 19.5 Å². The van der Waals surface area contributed by atoms with Crippen molar-refractivity contribution in [1.82, 2.24) is 4.98 Å². The lowest BCUT2D eigenvalue weighted by Gasteiger charge is -2.14. The number of thiazole rings is 1. The van der Waals surface area contributed by atoms with Crippen LogP contribution in [0.25, 0.3) is 11.3 Å². The predicted molar refractivity (Wildman–Crippen MR) is 109 cm³/mol. The van der Waals surface area contributed by atoms with Gasteiger partial charge in [0.1, 0.15) is 5.82 Å². The van der Waals surface area contributed by atoms with Gasteiger partial charge in [-0.2, -0.15) is 0 Å². The van der Waals surface area contributed by atoms with Gasteiger partial charge in [0.05, 0.1) is 19.9 Å². The molecular weight excluding hydrogens is 379 g/mol. The van der Waals surface area contributed by atoms with Crippen LogP contribution in [0.4, 0.5) is 9.52 Å². The van der Waals surface area contributed by atoms with Gasteiger partial charge < -0.3 is 9.47 Å². The van der Waals surface area contributed by atoms with Crippen LogP contribution < -0.4 is 14.8 Å². The molecule has 0 aliphatic carbocycles. The number of nitrogens with one attached hydrogen (secondary N) is 1. The molecule has 0 aliphatic heterocycles. The van der Waals surface area contributed by atoms with E-state index in [0.29, 0.717) is 39.9 Å². The van der Waals surface area contributed by atoms with Crippen LogP contribution in [0.1, 0.15) is 15.9 Å². The molecule has 0 unspecified atom stereocenters. The van der Waals surface area contributed by atoms with Crippen LogP contribution in [-0.4, -0.2) is 25.1 Å². The summed E-state index contributed by atoms with van der Waals surface area (Å²) in [5, 5.41) is 4.96. The third kappa shape index (κ3) is 4.20. The Morgan fingerprint density at radius 2 is 2.11 bits per heavy atom. The molecule has 0 fully saturated rings. The van der Waals surface area contributed by atoms with Crippen LogP contribution in [0, 0.1) is 5.82 Å². The average molecular weight is 398 g/mol. The number of carbonyl (C=O) groups excluding carboxylic acids is 1. The number of nitrogens with zero attached hydrogens (tertiary/aromatic N) is 1. The first-order chi connectivity index (χ1) is 13.5. The first kappa shape index (κ1) is 19.6. The standard InChI is InChI=1S/C21H19FN2O3S/c1-4-6-14-9-15(11-18(26-2)19(14)27-3)20(25)24-21-23-17(12-28-21)13-7-5-8-16(22)10-13/h4-5,7-12H,1,6H2,2-3H3,(H,23,24,25).